The molecule has 0 unspecified atom stereocenters. The lowest BCUT2D eigenvalue weighted by Gasteiger charge is -2.35. The van der Waals surface area contributed by atoms with Gasteiger partial charge >= 0.3 is 0 Å². The molecule has 0 bridgehead atoms. The molecule has 1 fully saturated rings. The Balaban J connectivity index is 1.37. The number of carbonyl (C=O) groups is 1. The van der Waals surface area contributed by atoms with Crippen LogP contribution in [0.1, 0.15) is 25.0 Å². The molecule has 2 N–H and O–H groups in total. The molecule has 1 amide bonds. The second-order valence-electron chi connectivity index (χ2n) is 6.12. The third kappa shape index (κ3) is 4.86. The molecule has 0 saturated carbocycles. The quantitative estimate of drug-likeness (QED) is 0.775. The Labute approximate surface area is 145 Å². The molecule has 1 aliphatic rings. The van der Waals surface area contributed by atoms with Crippen LogP contribution in [0, 0.1) is 0 Å². The summed E-state index contributed by atoms with van der Waals surface area (Å²) in [5, 5.41) is 19.4. The molecule has 2 atom stereocenters. The van der Waals surface area contributed by atoms with Crippen LogP contribution in [-0.4, -0.2) is 55.9 Å². The maximum Gasteiger partial charge on any atom is 0.220 e. The van der Waals surface area contributed by atoms with E-state index in [-0.39, 0.29) is 11.9 Å². The minimum atomic E-state index is -0.535. The number of piperidine rings is 1. The zero-order chi connectivity index (χ0) is 16.8. The summed E-state index contributed by atoms with van der Waals surface area (Å²) in [6.45, 7) is 2.91. The van der Waals surface area contributed by atoms with Gasteiger partial charge in [0.05, 0.1) is 23.4 Å². The van der Waals surface area contributed by atoms with Gasteiger partial charge in [0.2, 0.25) is 5.91 Å². The number of likely N-dealkylation sites (tertiary alicyclic amines) is 1. The highest BCUT2D eigenvalue weighted by molar-refractivity contribution is 7.07. The number of nitrogens with one attached hydrogen (secondary N) is 1. The Hall–Kier alpha value is -1.77. The van der Waals surface area contributed by atoms with Gasteiger partial charge in [0.15, 0.2) is 0 Å². The smallest absolute Gasteiger partial charge is 0.220 e. The second kappa shape index (κ2) is 8.36. The van der Waals surface area contributed by atoms with Crippen molar-refractivity contribution in [3.8, 4) is 0 Å². The summed E-state index contributed by atoms with van der Waals surface area (Å²) >= 11 is 1.58. The fourth-order valence-corrected chi connectivity index (χ4v) is 3.52. The van der Waals surface area contributed by atoms with Gasteiger partial charge in [-0.05, 0) is 18.9 Å². The molecule has 130 valence electrons. The molecule has 0 radical (unpaired) electrons. The van der Waals surface area contributed by atoms with Crippen molar-refractivity contribution < 1.29 is 9.90 Å². The molecule has 2 aromatic heterocycles. The Kier molecular flexibility index (Phi) is 5.95. The van der Waals surface area contributed by atoms with Gasteiger partial charge in [0.1, 0.15) is 0 Å². The lowest BCUT2D eigenvalue weighted by atomic mass is 10.0. The van der Waals surface area contributed by atoms with Crippen molar-refractivity contribution in [3.05, 3.63) is 35.0 Å². The number of aryl methyl sites for hydroxylation is 1. The molecule has 0 spiro atoms. The third-order valence-corrected chi connectivity index (χ3v) is 4.87. The molecule has 8 heteroatoms. The molecular formula is C16H23N5O2S. The Bertz CT molecular complexity index is 616. The molecule has 24 heavy (non-hydrogen) atoms. The topological polar surface area (TPSA) is 83.3 Å². The van der Waals surface area contributed by atoms with Crippen molar-refractivity contribution >= 4 is 17.2 Å². The third-order valence-electron chi connectivity index (χ3n) is 4.23. The van der Waals surface area contributed by atoms with Gasteiger partial charge in [0.25, 0.3) is 0 Å². The van der Waals surface area contributed by atoms with E-state index in [4.69, 9.17) is 0 Å². The summed E-state index contributed by atoms with van der Waals surface area (Å²) in [6.07, 6.45) is 5.04. The minimum absolute atomic E-state index is 0.000780. The molecule has 1 saturated heterocycles. The van der Waals surface area contributed by atoms with Crippen LogP contribution >= 0.6 is 11.3 Å². The average molecular weight is 349 g/mol. The number of hydrogen-bond acceptors (Lipinski definition) is 6. The predicted octanol–water partition coefficient (Wildman–Crippen LogP) is 0.871. The number of aromatic nitrogens is 3. The van der Waals surface area contributed by atoms with Crippen LogP contribution in [0.4, 0.5) is 0 Å². The molecular weight excluding hydrogens is 326 g/mol. The fourth-order valence-electron chi connectivity index (χ4n) is 2.97. The number of β-amino-alcohol motifs (C(OH)–C–C–N with tert-alkyl or cyclic N) is 1. The number of nitrogens with zero attached hydrogens (tertiary/aromatic N) is 4. The minimum Gasteiger partial charge on any atom is -0.390 e. The fraction of sp³-hybridized carbons (Fsp3) is 0.562. The summed E-state index contributed by atoms with van der Waals surface area (Å²) in [7, 11) is 0. The number of aliphatic hydroxyl groups excluding tert-OH is 1. The van der Waals surface area contributed by atoms with E-state index in [1.165, 1.54) is 0 Å². The van der Waals surface area contributed by atoms with E-state index in [9.17, 15) is 9.90 Å². The van der Waals surface area contributed by atoms with Crippen molar-refractivity contribution in [1.82, 2.24) is 25.0 Å². The predicted molar refractivity (Wildman–Crippen MR) is 91.4 cm³/mol. The first-order valence-electron chi connectivity index (χ1n) is 8.25. The standard InChI is InChI=1S/C16H23N5O2S/c22-15-10-20(9-13-11-24-12-17-13)8-4-14(15)19-16(23)3-1-6-21-7-2-5-18-21/h2,5,7,11-12,14-15,22H,1,3-4,6,8-10H2,(H,19,23)/t14-,15-/m1/s1. The monoisotopic (exact) mass is 349 g/mol. The zero-order valence-electron chi connectivity index (χ0n) is 13.5. The van der Waals surface area contributed by atoms with Crippen LogP contribution in [0.15, 0.2) is 29.4 Å². The van der Waals surface area contributed by atoms with E-state index >= 15 is 0 Å². The lowest BCUT2D eigenvalue weighted by Crippen LogP contribution is -2.53. The number of rotatable bonds is 7. The van der Waals surface area contributed by atoms with Gasteiger partial charge < -0.3 is 10.4 Å². The van der Waals surface area contributed by atoms with Crippen LogP contribution in [0.3, 0.4) is 0 Å². The van der Waals surface area contributed by atoms with E-state index in [1.807, 2.05) is 27.8 Å². The summed E-state index contributed by atoms with van der Waals surface area (Å²) in [5.74, 6) is -0.000780. The Morgan fingerprint density at radius 3 is 3.12 bits per heavy atom. The normalized spacial score (nSPS) is 21.7. The van der Waals surface area contributed by atoms with Crippen LogP contribution in [0.2, 0.25) is 0 Å². The van der Waals surface area contributed by atoms with Crippen LogP contribution in [0.5, 0.6) is 0 Å². The molecule has 3 rings (SSSR count). The largest absolute Gasteiger partial charge is 0.390 e. The number of carbonyl (C=O) groups excluding carboxylic acids is 1. The molecule has 0 aliphatic carbocycles. The van der Waals surface area contributed by atoms with E-state index < -0.39 is 6.10 Å². The molecule has 2 aromatic rings. The summed E-state index contributed by atoms with van der Waals surface area (Å²) < 4.78 is 1.82. The Morgan fingerprint density at radius 1 is 1.50 bits per heavy atom. The number of amides is 1. The molecule has 3 heterocycles. The van der Waals surface area contributed by atoms with Crippen molar-refractivity contribution in [1.29, 1.82) is 0 Å². The van der Waals surface area contributed by atoms with E-state index in [2.05, 4.69) is 20.3 Å². The first-order chi connectivity index (χ1) is 11.7. The molecule has 7 nitrogen and oxygen atoms in total. The summed E-state index contributed by atoms with van der Waals surface area (Å²) in [4.78, 5) is 18.5. The van der Waals surface area contributed by atoms with Crippen molar-refractivity contribution in [2.45, 2.75) is 44.5 Å². The maximum absolute atomic E-state index is 12.0. The molecule has 1 aliphatic heterocycles. The van der Waals surface area contributed by atoms with Gasteiger partial charge in [-0.25, -0.2) is 4.98 Å². The van der Waals surface area contributed by atoms with Gasteiger partial charge in [-0.15, -0.1) is 11.3 Å². The Morgan fingerprint density at radius 2 is 2.42 bits per heavy atom. The van der Waals surface area contributed by atoms with Crippen LogP contribution in [-0.2, 0) is 17.9 Å². The van der Waals surface area contributed by atoms with Gasteiger partial charge in [-0.1, -0.05) is 0 Å². The SMILES string of the molecule is O=C(CCCn1cccn1)N[C@@H]1CCN(Cc2cscn2)C[C@H]1O. The number of hydrogen-bond donors (Lipinski definition) is 2. The average Bonchev–Trinajstić information content (AvgIpc) is 3.24. The number of thiazole rings is 1. The maximum atomic E-state index is 12.0. The summed E-state index contributed by atoms with van der Waals surface area (Å²) in [5.41, 5.74) is 2.86. The van der Waals surface area contributed by atoms with Crippen molar-refractivity contribution in [2.24, 2.45) is 0 Å². The van der Waals surface area contributed by atoms with Crippen molar-refractivity contribution in [2.75, 3.05) is 13.1 Å². The van der Waals surface area contributed by atoms with Crippen LogP contribution < -0.4 is 5.32 Å². The van der Waals surface area contributed by atoms with Gasteiger partial charge in [-0.2, -0.15) is 5.10 Å². The first kappa shape index (κ1) is 17.1. The van der Waals surface area contributed by atoms with E-state index in [0.29, 0.717) is 13.0 Å². The van der Waals surface area contributed by atoms with Gasteiger partial charge in [-0.3, -0.25) is 14.4 Å². The number of aliphatic hydroxyl groups is 1. The lowest BCUT2D eigenvalue weighted by molar-refractivity contribution is -0.123. The molecule has 0 aromatic carbocycles. The highest BCUT2D eigenvalue weighted by Gasteiger charge is 2.28. The van der Waals surface area contributed by atoms with E-state index in [0.717, 1.165) is 38.2 Å². The zero-order valence-corrected chi connectivity index (χ0v) is 14.4. The van der Waals surface area contributed by atoms with E-state index in [1.54, 1.807) is 17.5 Å². The van der Waals surface area contributed by atoms with Gasteiger partial charge in [0, 0.05) is 50.4 Å². The summed E-state index contributed by atoms with van der Waals surface area (Å²) in [6, 6.07) is 1.71. The second-order valence-corrected chi connectivity index (χ2v) is 6.84. The highest BCUT2D eigenvalue weighted by Crippen LogP contribution is 2.15. The van der Waals surface area contributed by atoms with Crippen LogP contribution in [0.25, 0.3) is 0 Å². The highest BCUT2D eigenvalue weighted by atomic mass is 32.1. The first-order valence-corrected chi connectivity index (χ1v) is 9.19. The van der Waals surface area contributed by atoms with Crippen molar-refractivity contribution in [3.63, 3.8) is 0 Å².